The Morgan fingerprint density at radius 3 is 2.90 bits per heavy atom. The molecule has 4 heterocycles. The SMILES string of the molecule is CSc1n[nH]c(-n2ccc3c(cnc4nc(C5CCCCC5)nn43)c2=O)c1C#N. The number of fused-ring (bicyclic) bond motifs is 3. The van der Waals surface area contributed by atoms with E-state index in [1.54, 1.807) is 16.8 Å². The summed E-state index contributed by atoms with van der Waals surface area (Å²) in [6.07, 6.45) is 10.8. The van der Waals surface area contributed by atoms with Gasteiger partial charge in [0, 0.05) is 18.3 Å². The molecule has 4 aromatic rings. The molecular formula is C19H18N8OS. The van der Waals surface area contributed by atoms with Crippen molar-refractivity contribution in [2.75, 3.05) is 6.26 Å². The van der Waals surface area contributed by atoms with Gasteiger partial charge in [-0.05, 0) is 25.2 Å². The molecule has 1 aliphatic carbocycles. The summed E-state index contributed by atoms with van der Waals surface area (Å²) in [4.78, 5) is 22.1. The van der Waals surface area contributed by atoms with E-state index < -0.39 is 0 Å². The molecule has 0 atom stereocenters. The van der Waals surface area contributed by atoms with Crippen LogP contribution in [0.15, 0.2) is 28.3 Å². The number of nitrogens with one attached hydrogen (secondary N) is 1. The summed E-state index contributed by atoms with van der Waals surface area (Å²) in [6.45, 7) is 0. The number of hydrogen-bond donors (Lipinski definition) is 1. The zero-order valence-electron chi connectivity index (χ0n) is 15.8. The standard InChI is InChI=1S/C19H18N8OS/c1-29-17-12(9-20)16(23-24-17)26-8-7-14-13(18(26)28)10-21-19-22-15(25-27(14)19)11-5-3-2-4-6-11/h7-8,10-11H,2-6H2,1H3,(H,23,24). The normalized spacial score (nSPS) is 15.2. The van der Waals surface area contributed by atoms with Gasteiger partial charge in [-0.3, -0.25) is 14.5 Å². The Morgan fingerprint density at radius 1 is 1.31 bits per heavy atom. The van der Waals surface area contributed by atoms with E-state index in [-0.39, 0.29) is 5.56 Å². The van der Waals surface area contributed by atoms with Crippen LogP contribution in [0.1, 0.15) is 49.4 Å². The lowest BCUT2D eigenvalue weighted by Gasteiger charge is -2.17. The maximum absolute atomic E-state index is 13.1. The molecule has 5 rings (SSSR count). The summed E-state index contributed by atoms with van der Waals surface area (Å²) in [6, 6.07) is 3.92. The van der Waals surface area contributed by atoms with Crippen molar-refractivity contribution in [2.45, 2.75) is 43.0 Å². The summed E-state index contributed by atoms with van der Waals surface area (Å²) in [5, 5.41) is 22.0. The van der Waals surface area contributed by atoms with Gasteiger partial charge in [0.05, 0.1) is 10.9 Å². The van der Waals surface area contributed by atoms with E-state index in [0.29, 0.717) is 39.0 Å². The van der Waals surface area contributed by atoms with Gasteiger partial charge in [0.1, 0.15) is 16.7 Å². The molecule has 1 N–H and O–H groups in total. The quantitative estimate of drug-likeness (QED) is 0.520. The van der Waals surface area contributed by atoms with Gasteiger partial charge in [-0.2, -0.15) is 19.9 Å². The second-order valence-corrected chi connectivity index (χ2v) is 7.93. The predicted octanol–water partition coefficient (Wildman–Crippen LogP) is 2.79. The number of aromatic amines is 1. The fourth-order valence-corrected chi connectivity index (χ4v) is 4.47. The smallest absolute Gasteiger partial charge is 0.267 e. The molecular weight excluding hydrogens is 388 g/mol. The van der Waals surface area contributed by atoms with Crippen LogP contribution in [0.2, 0.25) is 0 Å². The largest absolute Gasteiger partial charge is 0.268 e. The van der Waals surface area contributed by atoms with E-state index in [0.717, 1.165) is 18.7 Å². The minimum Gasteiger partial charge on any atom is -0.268 e. The minimum absolute atomic E-state index is 0.292. The summed E-state index contributed by atoms with van der Waals surface area (Å²) in [5.74, 6) is 2.01. The summed E-state index contributed by atoms with van der Waals surface area (Å²) < 4.78 is 3.04. The van der Waals surface area contributed by atoms with Crippen LogP contribution in [-0.2, 0) is 0 Å². The number of nitrogens with zero attached hydrogens (tertiary/aromatic N) is 7. The first-order valence-corrected chi connectivity index (χ1v) is 10.7. The number of rotatable bonds is 3. The molecule has 0 bridgehead atoms. The van der Waals surface area contributed by atoms with E-state index in [1.165, 1.54) is 41.8 Å². The maximum atomic E-state index is 13.1. The summed E-state index contributed by atoms with van der Waals surface area (Å²) >= 11 is 1.35. The molecule has 9 nitrogen and oxygen atoms in total. The molecule has 0 aliphatic heterocycles. The monoisotopic (exact) mass is 406 g/mol. The molecule has 4 aromatic heterocycles. The van der Waals surface area contributed by atoms with Crippen LogP contribution in [0.4, 0.5) is 0 Å². The maximum Gasteiger partial charge on any atom is 0.267 e. The second-order valence-electron chi connectivity index (χ2n) is 7.13. The van der Waals surface area contributed by atoms with Crippen molar-refractivity contribution < 1.29 is 0 Å². The van der Waals surface area contributed by atoms with Gasteiger partial charge in [0.25, 0.3) is 11.3 Å². The van der Waals surface area contributed by atoms with Gasteiger partial charge in [-0.25, -0.2) is 4.98 Å². The first-order valence-electron chi connectivity index (χ1n) is 9.51. The Bertz CT molecular complexity index is 1320. The van der Waals surface area contributed by atoms with Crippen molar-refractivity contribution >= 4 is 28.4 Å². The van der Waals surface area contributed by atoms with Crippen molar-refractivity contribution in [1.29, 1.82) is 5.26 Å². The van der Waals surface area contributed by atoms with Gasteiger partial charge in [-0.15, -0.1) is 16.9 Å². The average Bonchev–Trinajstić information content (AvgIpc) is 3.38. The van der Waals surface area contributed by atoms with E-state index in [9.17, 15) is 10.1 Å². The first-order chi connectivity index (χ1) is 14.2. The molecule has 0 amide bonds. The van der Waals surface area contributed by atoms with Crippen LogP contribution in [0.25, 0.3) is 22.5 Å². The minimum atomic E-state index is -0.292. The van der Waals surface area contributed by atoms with Crippen LogP contribution in [0.5, 0.6) is 0 Å². The molecule has 1 fully saturated rings. The highest BCUT2D eigenvalue weighted by Gasteiger charge is 2.22. The Balaban J connectivity index is 1.67. The fraction of sp³-hybridized carbons (Fsp3) is 0.368. The van der Waals surface area contributed by atoms with E-state index in [4.69, 9.17) is 0 Å². The number of hydrogen-bond acceptors (Lipinski definition) is 7. The highest BCUT2D eigenvalue weighted by molar-refractivity contribution is 7.98. The molecule has 29 heavy (non-hydrogen) atoms. The van der Waals surface area contributed by atoms with Gasteiger partial charge >= 0.3 is 0 Å². The number of aromatic nitrogens is 7. The summed E-state index contributed by atoms with van der Waals surface area (Å²) in [7, 11) is 0. The van der Waals surface area contributed by atoms with Crippen LogP contribution in [-0.4, -0.2) is 40.6 Å². The number of nitriles is 1. The third-order valence-corrected chi connectivity index (χ3v) is 6.16. The van der Waals surface area contributed by atoms with Crippen molar-refractivity contribution in [3.05, 3.63) is 40.2 Å². The van der Waals surface area contributed by atoms with Crippen LogP contribution in [0, 0.1) is 11.3 Å². The Labute approximate surface area is 169 Å². The molecule has 0 saturated heterocycles. The highest BCUT2D eigenvalue weighted by Crippen LogP contribution is 2.31. The lowest BCUT2D eigenvalue weighted by Crippen LogP contribution is -2.20. The van der Waals surface area contributed by atoms with Gasteiger partial charge in [-0.1, -0.05) is 19.3 Å². The average molecular weight is 406 g/mol. The lowest BCUT2D eigenvalue weighted by molar-refractivity contribution is 0.429. The number of pyridine rings is 1. The Hall–Kier alpha value is -3.19. The molecule has 10 heteroatoms. The number of H-pyrrole nitrogens is 1. The van der Waals surface area contributed by atoms with E-state index >= 15 is 0 Å². The van der Waals surface area contributed by atoms with Crippen molar-refractivity contribution in [3.63, 3.8) is 0 Å². The zero-order valence-corrected chi connectivity index (χ0v) is 16.6. The zero-order chi connectivity index (χ0) is 20.0. The molecule has 0 unspecified atom stereocenters. The van der Waals surface area contributed by atoms with Crippen LogP contribution in [0.3, 0.4) is 0 Å². The van der Waals surface area contributed by atoms with Crippen molar-refractivity contribution in [3.8, 4) is 11.9 Å². The van der Waals surface area contributed by atoms with Gasteiger partial charge in [0.2, 0.25) is 0 Å². The van der Waals surface area contributed by atoms with E-state index in [1.807, 2.05) is 6.26 Å². The van der Waals surface area contributed by atoms with Crippen LogP contribution < -0.4 is 5.56 Å². The molecule has 0 spiro atoms. The third-order valence-electron chi connectivity index (χ3n) is 5.48. The van der Waals surface area contributed by atoms with Gasteiger partial charge in [0.15, 0.2) is 11.6 Å². The first kappa shape index (κ1) is 17.9. The third kappa shape index (κ3) is 2.81. The van der Waals surface area contributed by atoms with Gasteiger partial charge < -0.3 is 0 Å². The molecule has 146 valence electrons. The fourth-order valence-electron chi connectivity index (χ4n) is 3.98. The lowest BCUT2D eigenvalue weighted by atomic mass is 9.89. The van der Waals surface area contributed by atoms with Crippen molar-refractivity contribution in [2.24, 2.45) is 0 Å². The topological polar surface area (TPSA) is 118 Å². The Kier molecular flexibility index (Phi) is 4.32. The number of thioether (sulfide) groups is 1. The molecule has 1 saturated carbocycles. The second kappa shape index (κ2) is 7.00. The summed E-state index contributed by atoms with van der Waals surface area (Å²) in [5.41, 5.74) is 0.696. The molecule has 1 aliphatic rings. The van der Waals surface area contributed by atoms with Crippen molar-refractivity contribution in [1.82, 2.24) is 34.3 Å². The Morgan fingerprint density at radius 2 is 2.14 bits per heavy atom. The highest BCUT2D eigenvalue weighted by atomic mass is 32.2. The molecule has 0 aromatic carbocycles. The van der Waals surface area contributed by atoms with Crippen LogP contribution >= 0.6 is 11.8 Å². The predicted molar refractivity (Wildman–Crippen MR) is 108 cm³/mol. The molecule has 0 radical (unpaired) electrons. The van der Waals surface area contributed by atoms with E-state index in [2.05, 4.69) is 31.3 Å².